The zero-order valence-corrected chi connectivity index (χ0v) is 14.8. The lowest BCUT2D eigenvalue weighted by atomic mass is 10.1. The fourth-order valence-corrected chi connectivity index (χ4v) is 3.31. The van der Waals surface area contributed by atoms with E-state index in [4.69, 9.17) is 4.74 Å². The molecule has 8 heteroatoms. The predicted octanol–water partition coefficient (Wildman–Crippen LogP) is 1.72. The van der Waals surface area contributed by atoms with Crippen LogP contribution in [0, 0.1) is 5.92 Å². The zero-order valence-electron chi connectivity index (χ0n) is 14.8. The van der Waals surface area contributed by atoms with Gasteiger partial charge in [0.15, 0.2) is 5.82 Å². The molecule has 8 nitrogen and oxygen atoms in total. The number of nitrogens with one attached hydrogen (secondary N) is 2. The number of fused-ring (bicyclic) bond motifs is 1. The molecule has 1 aliphatic heterocycles. The fraction of sp³-hybridized carbons (Fsp3) is 0.263. The minimum atomic E-state index is -0.398. The standard InChI is InChI=1S/C19H19N5O3/c1-3-16(25)24-9-11(2)15(10-24)27-18-13-7-5-4-6-12(13)8-14(20-18)17-21-19(26)23-22-17/h3-8,11,15H,1,9-10H2,2H3,(H2,21,22,23,26)/t11-,15+/m1/s1. The van der Waals surface area contributed by atoms with E-state index in [0.717, 1.165) is 10.8 Å². The third-order valence-corrected chi connectivity index (χ3v) is 4.74. The third-order valence-electron chi connectivity index (χ3n) is 4.74. The summed E-state index contributed by atoms with van der Waals surface area (Å²) in [7, 11) is 0. The number of amides is 1. The molecule has 138 valence electrons. The molecule has 1 amide bonds. The number of hydrogen-bond acceptors (Lipinski definition) is 5. The lowest BCUT2D eigenvalue weighted by Crippen LogP contribution is -2.29. The van der Waals surface area contributed by atoms with Crippen molar-refractivity contribution in [3.8, 4) is 17.4 Å². The van der Waals surface area contributed by atoms with Gasteiger partial charge in [-0.1, -0.05) is 31.7 Å². The normalized spacial score (nSPS) is 19.4. The number of pyridine rings is 1. The Kier molecular flexibility index (Phi) is 4.23. The van der Waals surface area contributed by atoms with Gasteiger partial charge < -0.3 is 9.64 Å². The summed E-state index contributed by atoms with van der Waals surface area (Å²) in [5, 5.41) is 8.08. The minimum Gasteiger partial charge on any atom is -0.472 e. The lowest BCUT2D eigenvalue weighted by Gasteiger charge is -2.18. The van der Waals surface area contributed by atoms with E-state index in [0.29, 0.717) is 30.5 Å². The molecule has 0 radical (unpaired) electrons. The van der Waals surface area contributed by atoms with E-state index in [1.54, 1.807) is 4.90 Å². The van der Waals surface area contributed by atoms with E-state index in [1.807, 2.05) is 37.3 Å². The Bertz CT molecular complexity index is 1070. The third kappa shape index (κ3) is 3.21. The van der Waals surface area contributed by atoms with Crippen LogP contribution in [0.3, 0.4) is 0 Å². The van der Waals surface area contributed by atoms with E-state index in [9.17, 15) is 9.59 Å². The monoisotopic (exact) mass is 365 g/mol. The van der Waals surface area contributed by atoms with Gasteiger partial charge in [-0.25, -0.2) is 14.9 Å². The van der Waals surface area contributed by atoms with Gasteiger partial charge in [0.05, 0.1) is 6.54 Å². The lowest BCUT2D eigenvalue weighted by molar-refractivity contribution is -0.125. The molecule has 2 N–H and O–H groups in total. The molecule has 3 aromatic rings. The molecular weight excluding hydrogens is 346 g/mol. The van der Waals surface area contributed by atoms with Crippen molar-refractivity contribution in [2.75, 3.05) is 13.1 Å². The maximum atomic E-state index is 11.9. The Morgan fingerprint density at radius 2 is 2.19 bits per heavy atom. The van der Waals surface area contributed by atoms with Crippen LogP contribution in [0.5, 0.6) is 5.88 Å². The summed E-state index contributed by atoms with van der Waals surface area (Å²) in [6.45, 7) is 6.67. The van der Waals surface area contributed by atoms with Gasteiger partial charge >= 0.3 is 5.69 Å². The van der Waals surface area contributed by atoms with Gasteiger partial charge in [-0.2, -0.15) is 5.10 Å². The second-order valence-electron chi connectivity index (χ2n) is 6.64. The summed E-state index contributed by atoms with van der Waals surface area (Å²) in [5.41, 5.74) is 0.108. The Hall–Kier alpha value is -3.42. The number of aromatic nitrogens is 4. The number of hydrogen-bond donors (Lipinski definition) is 2. The fourth-order valence-electron chi connectivity index (χ4n) is 3.31. The Morgan fingerprint density at radius 1 is 1.37 bits per heavy atom. The van der Waals surface area contributed by atoms with Crippen molar-refractivity contribution in [2.24, 2.45) is 5.92 Å². The first kappa shape index (κ1) is 17.0. The van der Waals surface area contributed by atoms with Gasteiger partial charge in [0.25, 0.3) is 0 Å². The van der Waals surface area contributed by atoms with Crippen LogP contribution in [0.25, 0.3) is 22.3 Å². The predicted molar refractivity (Wildman–Crippen MR) is 100 cm³/mol. The zero-order chi connectivity index (χ0) is 19.0. The van der Waals surface area contributed by atoms with Gasteiger partial charge in [0.2, 0.25) is 11.8 Å². The van der Waals surface area contributed by atoms with Gasteiger partial charge in [-0.15, -0.1) is 0 Å². The maximum Gasteiger partial charge on any atom is 0.340 e. The highest BCUT2D eigenvalue weighted by molar-refractivity contribution is 5.89. The van der Waals surface area contributed by atoms with Gasteiger partial charge in [0, 0.05) is 17.8 Å². The van der Waals surface area contributed by atoms with Crippen LogP contribution >= 0.6 is 0 Å². The van der Waals surface area contributed by atoms with Crippen LogP contribution in [-0.2, 0) is 4.79 Å². The highest BCUT2D eigenvalue weighted by Gasteiger charge is 2.33. The smallest absolute Gasteiger partial charge is 0.340 e. The molecule has 2 aromatic heterocycles. The Labute approximate surface area is 154 Å². The van der Waals surface area contributed by atoms with Crippen LogP contribution in [0.4, 0.5) is 0 Å². The molecule has 2 atom stereocenters. The summed E-state index contributed by atoms with van der Waals surface area (Å²) in [4.78, 5) is 32.2. The number of carbonyl (C=O) groups excluding carboxylic acids is 1. The highest BCUT2D eigenvalue weighted by atomic mass is 16.5. The highest BCUT2D eigenvalue weighted by Crippen LogP contribution is 2.30. The van der Waals surface area contributed by atoms with E-state index in [-0.39, 0.29) is 17.9 Å². The van der Waals surface area contributed by atoms with Crippen LogP contribution in [0.15, 0.2) is 47.8 Å². The van der Waals surface area contributed by atoms with Crippen molar-refractivity contribution >= 4 is 16.7 Å². The summed E-state index contributed by atoms with van der Waals surface area (Å²) in [5.74, 6) is 0.854. The Morgan fingerprint density at radius 3 is 2.93 bits per heavy atom. The molecule has 27 heavy (non-hydrogen) atoms. The average Bonchev–Trinajstić information content (AvgIpc) is 3.27. The maximum absolute atomic E-state index is 11.9. The molecule has 0 saturated carbocycles. The van der Waals surface area contributed by atoms with Crippen LogP contribution in [-0.4, -0.2) is 50.2 Å². The van der Waals surface area contributed by atoms with Crippen molar-refractivity contribution in [3.05, 3.63) is 53.5 Å². The largest absolute Gasteiger partial charge is 0.472 e. The molecular formula is C19H19N5O3. The number of carbonyl (C=O) groups is 1. The van der Waals surface area contributed by atoms with Crippen molar-refractivity contribution < 1.29 is 9.53 Å². The molecule has 1 fully saturated rings. The molecule has 4 rings (SSSR count). The van der Waals surface area contributed by atoms with Crippen LogP contribution < -0.4 is 10.4 Å². The van der Waals surface area contributed by atoms with Gasteiger partial charge in [-0.05, 0) is 23.6 Å². The van der Waals surface area contributed by atoms with Crippen LogP contribution in [0.1, 0.15) is 6.92 Å². The molecule has 0 bridgehead atoms. The van der Waals surface area contributed by atoms with Crippen molar-refractivity contribution in [1.82, 2.24) is 25.1 Å². The summed E-state index contributed by atoms with van der Waals surface area (Å²) in [6.07, 6.45) is 1.13. The number of rotatable bonds is 4. The van der Waals surface area contributed by atoms with E-state index < -0.39 is 5.69 Å². The average molecular weight is 365 g/mol. The first-order valence-electron chi connectivity index (χ1n) is 8.68. The molecule has 1 saturated heterocycles. The first-order chi connectivity index (χ1) is 13.0. The summed E-state index contributed by atoms with van der Waals surface area (Å²) < 4.78 is 6.23. The van der Waals surface area contributed by atoms with E-state index in [2.05, 4.69) is 26.7 Å². The molecule has 1 aromatic carbocycles. The van der Waals surface area contributed by atoms with Gasteiger partial charge in [-0.3, -0.25) is 9.78 Å². The molecule has 0 unspecified atom stereocenters. The number of nitrogens with zero attached hydrogens (tertiary/aromatic N) is 3. The number of likely N-dealkylation sites (tertiary alicyclic amines) is 1. The van der Waals surface area contributed by atoms with Crippen LogP contribution in [0.2, 0.25) is 0 Å². The molecule has 3 heterocycles. The van der Waals surface area contributed by atoms with Gasteiger partial charge in [0.1, 0.15) is 11.8 Å². The number of aromatic amines is 2. The minimum absolute atomic E-state index is 0.103. The molecule has 1 aliphatic rings. The second kappa shape index (κ2) is 6.71. The number of H-pyrrole nitrogens is 2. The van der Waals surface area contributed by atoms with E-state index in [1.165, 1.54) is 6.08 Å². The second-order valence-corrected chi connectivity index (χ2v) is 6.64. The quantitative estimate of drug-likeness (QED) is 0.685. The first-order valence-corrected chi connectivity index (χ1v) is 8.68. The molecule has 0 aliphatic carbocycles. The van der Waals surface area contributed by atoms with Crippen molar-refractivity contribution in [3.63, 3.8) is 0 Å². The summed E-state index contributed by atoms with van der Waals surface area (Å²) >= 11 is 0. The number of benzene rings is 1. The van der Waals surface area contributed by atoms with Crippen molar-refractivity contribution in [2.45, 2.75) is 13.0 Å². The van der Waals surface area contributed by atoms with E-state index >= 15 is 0 Å². The number of ether oxygens (including phenoxy) is 1. The molecule has 0 spiro atoms. The SMILES string of the molecule is C=CC(=O)N1C[C@@H](C)[C@@H](Oc2nc(-c3n[nH]c(=O)[nH]3)cc3ccccc23)C1. The Balaban J connectivity index is 1.71. The van der Waals surface area contributed by atoms with Crippen molar-refractivity contribution in [1.29, 1.82) is 0 Å². The summed E-state index contributed by atoms with van der Waals surface area (Å²) in [6, 6.07) is 9.56. The topological polar surface area (TPSA) is 104 Å².